The molecule has 4 heteroatoms. The highest BCUT2D eigenvalue weighted by Crippen LogP contribution is 2.11. The number of thiophene rings is 1. The number of carbonyl (C=O) groups is 2. The zero-order valence-corrected chi connectivity index (χ0v) is 9.26. The summed E-state index contributed by atoms with van der Waals surface area (Å²) in [5.74, 6) is 0.0632. The van der Waals surface area contributed by atoms with E-state index in [0.29, 0.717) is 13.0 Å². The number of hydrogen-bond acceptors (Lipinski definition) is 3. The van der Waals surface area contributed by atoms with Gasteiger partial charge in [0.15, 0.2) is 0 Å². The monoisotopic (exact) mass is 223 g/mol. The molecule has 0 aliphatic carbocycles. The van der Waals surface area contributed by atoms with Crippen LogP contribution in [0.15, 0.2) is 16.8 Å². The second kappa shape index (κ2) is 4.57. The molecular weight excluding hydrogens is 210 g/mol. The van der Waals surface area contributed by atoms with Gasteiger partial charge in [-0.05, 0) is 28.8 Å². The molecule has 2 heterocycles. The average molecular weight is 223 g/mol. The van der Waals surface area contributed by atoms with Crippen molar-refractivity contribution in [3.05, 3.63) is 22.4 Å². The average Bonchev–Trinajstić information content (AvgIpc) is 2.69. The number of rotatable bonds is 3. The fourth-order valence-electron chi connectivity index (χ4n) is 1.69. The Bertz CT molecular complexity index is 359. The van der Waals surface area contributed by atoms with E-state index in [0.717, 1.165) is 13.0 Å². The van der Waals surface area contributed by atoms with Gasteiger partial charge in [0.05, 0.1) is 6.42 Å². The van der Waals surface area contributed by atoms with Crippen molar-refractivity contribution in [2.45, 2.75) is 19.3 Å². The summed E-state index contributed by atoms with van der Waals surface area (Å²) in [6.45, 7) is 1.34. The second-order valence-corrected chi connectivity index (χ2v) is 4.51. The summed E-state index contributed by atoms with van der Waals surface area (Å²) in [5, 5.41) is 4.14. The van der Waals surface area contributed by atoms with Crippen LogP contribution in [0.25, 0.3) is 0 Å². The Labute approximate surface area is 92.7 Å². The molecule has 3 nitrogen and oxygen atoms in total. The zero-order chi connectivity index (χ0) is 10.7. The first kappa shape index (κ1) is 10.4. The number of amides is 1. The van der Waals surface area contributed by atoms with E-state index in [9.17, 15) is 9.59 Å². The number of Topliss-reactive ketones (excluding diaryl/α,β-unsaturated/α-hetero) is 1. The number of ketones is 1. The van der Waals surface area contributed by atoms with Crippen LogP contribution in [-0.4, -0.2) is 29.7 Å². The van der Waals surface area contributed by atoms with E-state index in [2.05, 4.69) is 11.4 Å². The maximum atomic E-state index is 11.5. The first-order chi connectivity index (χ1) is 7.25. The van der Waals surface area contributed by atoms with Crippen LogP contribution in [0.3, 0.4) is 0 Å². The molecule has 1 saturated heterocycles. The summed E-state index contributed by atoms with van der Waals surface area (Å²) in [5.41, 5.74) is 1.27. The molecule has 2 rings (SSSR count). The van der Waals surface area contributed by atoms with Crippen molar-refractivity contribution in [1.82, 2.24) is 4.90 Å². The third-order valence-electron chi connectivity index (χ3n) is 2.61. The summed E-state index contributed by atoms with van der Waals surface area (Å²) in [6, 6.07) is 2.07. The molecule has 1 aromatic rings. The molecule has 0 spiro atoms. The van der Waals surface area contributed by atoms with Crippen LogP contribution in [-0.2, 0) is 16.0 Å². The third-order valence-corrected chi connectivity index (χ3v) is 3.34. The lowest BCUT2D eigenvalue weighted by Crippen LogP contribution is -2.40. The minimum Gasteiger partial charge on any atom is -0.342 e. The van der Waals surface area contributed by atoms with Gasteiger partial charge >= 0.3 is 0 Å². The molecule has 1 aromatic heterocycles. The maximum absolute atomic E-state index is 11.5. The Morgan fingerprint density at radius 3 is 2.93 bits per heavy atom. The smallest absolute Gasteiger partial charge is 0.230 e. The van der Waals surface area contributed by atoms with E-state index in [1.54, 1.807) is 16.2 Å². The minimum atomic E-state index is -0.0125. The fourth-order valence-corrected chi connectivity index (χ4v) is 2.39. The highest BCUT2D eigenvalue weighted by molar-refractivity contribution is 7.07. The van der Waals surface area contributed by atoms with Crippen molar-refractivity contribution in [3.8, 4) is 0 Å². The zero-order valence-electron chi connectivity index (χ0n) is 8.44. The van der Waals surface area contributed by atoms with Crippen LogP contribution < -0.4 is 0 Å². The highest BCUT2D eigenvalue weighted by atomic mass is 32.1. The van der Waals surface area contributed by atoms with E-state index in [1.807, 2.05) is 5.38 Å². The van der Waals surface area contributed by atoms with Crippen molar-refractivity contribution in [1.29, 1.82) is 0 Å². The Hall–Kier alpha value is -1.16. The van der Waals surface area contributed by atoms with Crippen LogP contribution in [0.2, 0.25) is 0 Å². The van der Waals surface area contributed by atoms with Gasteiger partial charge in [-0.2, -0.15) is 11.3 Å². The number of hydrogen-bond donors (Lipinski definition) is 0. The van der Waals surface area contributed by atoms with Gasteiger partial charge in [-0.1, -0.05) is 0 Å². The number of piperidine rings is 1. The van der Waals surface area contributed by atoms with Gasteiger partial charge in [0.2, 0.25) is 5.91 Å². The predicted octanol–water partition coefficient (Wildman–Crippen LogP) is 1.48. The van der Waals surface area contributed by atoms with Gasteiger partial charge in [-0.15, -0.1) is 0 Å². The lowest BCUT2D eigenvalue weighted by molar-refractivity contribution is -0.139. The van der Waals surface area contributed by atoms with Crippen molar-refractivity contribution < 1.29 is 9.59 Å². The molecule has 1 amide bonds. The summed E-state index contributed by atoms with van der Waals surface area (Å²) in [6.07, 6.45) is 1.52. The topological polar surface area (TPSA) is 37.4 Å². The quantitative estimate of drug-likeness (QED) is 0.728. The predicted molar refractivity (Wildman–Crippen MR) is 58.8 cm³/mol. The Balaban J connectivity index is 1.85. The molecule has 80 valence electrons. The lowest BCUT2D eigenvalue weighted by atomic mass is 10.1. The van der Waals surface area contributed by atoms with E-state index >= 15 is 0 Å². The van der Waals surface area contributed by atoms with Crippen LogP contribution in [0.1, 0.15) is 18.4 Å². The molecule has 0 radical (unpaired) electrons. The standard InChI is InChI=1S/C11H13NO2S/c13-10-2-5-12(11(14)7-10)4-1-9-3-6-15-8-9/h3,6,8H,1-2,4-5,7H2. The fraction of sp³-hybridized carbons (Fsp3) is 0.455. The molecular formula is C11H13NO2S. The first-order valence-corrected chi connectivity index (χ1v) is 6.00. The normalized spacial score (nSPS) is 17.2. The van der Waals surface area contributed by atoms with Crippen molar-refractivity contribution >= 4 is 23.0 Å². The summed E-state index contributed by atoms with van der Waals surface area (Å²) in [7, 11) is 0. The van der Waals surface area contributed by atoms with Crippen molar-refractivity contribution in [2.75, 3.05) is 13.1 Å². The van der Waals surface area contributed by atoms with Gasteiger partial charge < -0.3 is 4.90 Å². The van der Waals surface area contributed by atoms with Gasteiger partial charge in [-0.3, -0.25) is 9.59 Å². The van der Waals surface area contributed by atoms with Crippen LogP contribution in [0, 0.1) is 0 Å². The second-order valence-electron chi connectivity index (χ2n) is 3.73. The van der Waals surface area contributed by atoms with E-state index < -0.39 is 0 Å². The van der Waals surface area contributed by atoms with Gasteiger partial charge in [0, 0.05) is 19.5 Å². The third kappa shape index (κ3) is 2.65. The molecule has 0 aromatic carbocycles. The molecule has 0 N–H and O–H groups in total. The van der Waals surface area contributed by atoms with E-state index in [1.165, 1.54) is 5.56 Å². The van der Waals surface area contributed by atoms with Crippen LogP contribution in [0.5, 0.6) is 0 Å². The molecule has 0 atom stereocenters. The van der Waals surface area contributed by atoms with E-state index in [-0.39, 0.29) is 18.1 Å². The SMILES string of the molecule is O=C1CCN(CCc2ccsc2)C(=O)C1. The van der Waals surface area contributed by atoms with Gasteiger partial charge in [0.25, 0.3) is 0 Å². The number of carbonyl (C=O) groups excluding carboxylic acids is 2. The highest BCUT2D eigenvalue weighted by Gasteiger charge is 2.22. The largest absolute Gasteiger partial charge is 0.342 e. The molecule has 0 unspecified atom stereocenters. The maximum Gasteiger partial charge on any atom is 0.230 e. The van der Waals surface area contributed by atoms with Gasteiger partial charge in [0.1, 0.15) is 5.78 Å². The summed E-state index contributed by atoms with van der Waals surface area (Å²) in [4.78, 5) is 24.3. The minimum absolute atomic E-state index is 0.0125. The Morgan fingerprint density at radius 1 is 1.40 bits per heavy atom. The van der Waals surface area contributed by atoms with Crippen molar-refractivity contribution in [3.63, 3.8) is 0 Å². The molecule has 0 saturated carbocycles. The van der Waals surface area contributed by atoms with E-state index in [4.69, 9.17) is 0 Å². The molecule has 1 aliphatic heterocycles. The van der Waals surface area contributed by atoms with Gasteiger partial charge in [-0.25, -0.2) is 0 Å². The summed E-state index contributed by atoms with van der Waals surface area (Å²) >= 11 is 1.67. The molecule has 15 heavy (non-hydrogen) atoms. The molecule has 1 fully saturated rings. The van der Waals surface area contributed by atoms with Crippen molar-refractivity contribution in [2.24, 2.45) is 0 Å². The molecule has 0 bridgehead atoms. The first-order valence-electron chi connectivity index (χ1n) is 5.06. The molecule has 1 aliphatic rings. The summed E-state index contributed by atoms with van der Waals surface area (Å²) < 4.78 is 0. The Kier molecular flexibility index (Phi) is 3.16. The van der Waals surface area contributed by atoms with Crippen LogP contribution >= 0.6 is 11.3 Å². The lowest BCUT2D eigenvalue weighted by Gasteiger charge is -2.25. The van der Waals surface area contributed by atoms with Crippen LogP contribution in [0.4, 0.5) is 0 Å². The number of likely N-dealkylation sites (tertiary alicyclic amines) is 1. The number of nitrogens with zero attached hydrogens (tertiary/aromatic N) is 1. The Morgan fingerprint density at radius 2 is 2.27 bits per heavy atom.